The molecule has 0 saturated carbocycles. The molecule has 0 radical (unpaired) electrons. The predicted octanol–water partition coefficient (Wildman–Crippen LogP) is 5.34. The Labute approximate surface area is 122 Å². The van der Waals surface area contributed by atoms with Crippen LogP contribution in [-0.2, 0) is 0 Å². The van der Waals surface area contributed by atoms with Gasteiger partial charge in [0.2, 0.25) is 0 Å². The van der Waals surface area contributed by atoms with Gasteiger partial charge in [-0.1, -0.05) is 23.2 Å². The monoisotopic (exact) mass is 348 g/mol. The van der Waals surface area contributed by atoms with E-state index in [1.165, 1.54) is 12.1 Å². The van der Waals surface area contributed by atoms with Crippen LogP contribution >= 0.6 is 39.1 Å². The van der Waals surface area contributed by atoms with Gasteiger partial charge in [-0.3, -0.25) is 0 Å². The largest absolute Gasteiger partial charge is 0.337 e. The first-order chi connectivity index (χ1) is 8.47. The molecule has 1 aromatic carbocycles. The molecule has 2 rings (SSSR count). The minimum atomic E-state index is -0.480. The molecule has 2 aromatic rings. The van der Waals surface area contributed by atoms with E-state index in [4.69, 9.17) is 23.2 Å². The number of aryl methyl sites for hydroxylation is 1. The second-order valence-electron chi connectivity index (χ2n) is 3.71. The molecule has 0 fully saturated rings. The van der Waals surface area contributed by atoms with Crippen LogP contribution in [0.2, 0.25) is 10.0 Å². The summed E-state index contributed by atoms with van der Waals surface area (Å²) in [4.78, 5) is 4.21. The van der Waals surface area contributed by atoms with Crippen molar-refractivity contribution in [2.75, 3.05) is 5.32 Å². The van der Waals surface area contributed by atoms with Gasteiger partial charge in [-0.15, -0.1) is 0 Å². The molecule has 1 heterocycles. The van der Waals surface area contributed by atoms with E-state index in [2.05, 4.69) is 26.2 Å². The summed E-state index contributed by atoms with van der Waals surface area (Å²) in [6.45, 7) is 1.93. The van der Waals surface area contributed by atoms with E-state index in [1.54, 1.807) is 6.20 Å². The lowest BCUT2D eigenvalue weighted by atomic mass is 10.3. The fraction of sp³-hybridized carbons (Fsp3) is 0.0833. The highest BCUT2D eigenvalue weighted by Gasteiger charge is 2.11. The second kappa shape index (κ2) is 5.43. The van der Waals surface area contributed by atoms with Crippen molar-refractivity contribution < 1.29 is 4.39 Å². The molecule has 0 unspecified atom stereocenters. The van der Waals surface area contributed by atoms with Gasteiger partial charge >= 0.3 is 0 Å². The van der Waals surface area contributed by atoms with Crippen molar-refractivity contribution in [3.05, 3.63) is 50.3 Å². The quantitative estimate of drug-likeness (QED) is 0.791. The molecular weight excluding hydrogens is 342 g/mol. The molecule has 0 aliphatic rings. The highest BCUT2D eigenvalue weighted by molar-refractivity contribution is 9.10. The summed E-state index contributed by atoms with van der Waals surface area (Å²) in [5, 5.41) is 3.38. The average Bonchev–Trinajstić information content (AvgIpc) is 2.25. The summed E-state index contributed by atoms with van der Waals surface area (Å²) in [5.41, 5.74) is 1.44. The fourth-order valence-corrected chi connectivity index (χ4v) is 2.52. The number of hydrogen-bond acceptors (Lipinski definition) is 2. The van der Waals surface area contributed by atoms with E-state index in [-0.39, 0.29) is 10.0 Å². The number of aromatic nitrogens is 1. The number of nitrogens with one attached hydrogen (secondary N) is 1. The first kappa shape index (κ1) is 13.6. The molecule has 0 atom stereocenters. The molecule has 0 bridgehead atoms. The van der Waals surface area contributed by atoms with Crippen LogP contribution in [0, 0.1) is 12.7 Å². The van der Waals surface area contributed by atoms with Gasteiger partial charge in [0.15, 0.2) is 0 Å². The Kier molecular flexibility index (Phi) is 4.10. The summed E-state index contributed by atoms with van der Waals surface area (Å²) in [7, 11) is 0. The van der Waals surface area contributed by atoms with Gasteiger partial charge in [-0.2, -0.15) is 0 Å². The van der Waals surface area contributed by atoms with Crippen LogP contribution in [0.25, 0.3) is 0 Å². The van der Waals surface area contributed by atoms with Crippen molar-refractivity contribution in [3.8, 4) is 0 Å². The molecule has 94 valence electrons. The number of anilines is 2. The molecule has 1 aromatic heterocycles. The number of hydrogen-bond donors (Lipinski definition) is 1. The van der Waals surface area contributed by atoms with Gasteiger partial charge in [-0.05, 0) is 46.6 Å². The topological polar surface area (TPSA) is 24.9 Å². The van der Waals surface area contributed by atoms with E-state index < -0.39 is 5.82 Å². The van der Waals surface area contributed by atoms with Crippen molar-refractivity contribution in [1.82, 2.24) is 4.98 Å². The van der Waals surface area contributed by atoms with Crippen LogP contribution in [0.15, 0.2) is 28.9 Å². The van der Waals surface area contributed by atoms with E-state index in [0.29, 0.717) is 11.5 Å². The van der Waals surface area contributed by atoms with Gasteiger partial charge in [-0.25, -0.2) is 9.37 Å². The van der Waals surface area contributed by atoms with Gasteiger partial charge in [0.1, 0.15) is 11.6 Å². The highest BCUT2D eigenvalue weighted by atomic mass is 79.9. The maximum absolute atomic E-state index is 13.1. The van der Waals surface area contributed by atoms with E-state index in [0.717, 1.165) is 10.0 Å². The molecular formula is C12H8BrCl2FN2. The molecule has 0 aliphatic carbocycles. The average molecular weight is 350 g/mol. The fourth-order valence-electron chi connectivity index (χ4n) is 1.41. The number of nitrogens with zero attached hydrogens (tertiary/aromatic N) is 1. The summed E-state index contributed by atoms with van der Waals surface area (Å²) in [6, 6.07) is 4.29. The Morgan fingerprint density at radius 2 is 1.83 bits per heavy atom. The van der Waals surface area contributed by atoms with Crippen molar-refractivity contribution >= 4 is 50.6 Å². The Hall–Kier alpha value is -0.840. The van der Waals surface area contributed by atoms with Crippen LogP contribution < -0.4 is 5.32 Å². The van der Waals surface area contributed by atoms with Crippen LogP contribution in [0.4, 0.5) is 15.9 Å². The van der Waals surface area contributed by atoms with Crippen molar-refractivity contribution in [2.45, 2.75) is 6.92 Å². The molecule has 2 nitrogen and oxygen atoms in total. The lowest BCUT2D eigenvalue weighted by Gasteiger charge is -2.11. The van der Waals surface area contributed by atoms with Crippen LogP contribution in [0.3, 0.4) is 0 Å². The summed E-state index contributed by atoms with van der Waals surface area (Å²) in [5.74, 6) is 0.0856. The lowest BCUT2D eigenvalue weighted by molar-refractivity contribution is 0.628. The van der Waals surface area contributed by atoms with Gasteiger partial charge < -0.3 is 5.32 Å². The normalized spacial score (nSPS) is 10.5. The number of rotatable bonds is 2. The predicted molar refractivity (Wildman–Crippen MR) is 76.4 cm³/mol. The zero-order chi connectivity index (χ0) is 13.3. The first-order valence-electron chi connectivity index (χ1n) is 5.01. The Balaban J connectivity index is 2.40. The molecule has 6 heteroatoms. The van der Waals surface area contributed by atoms with Gasteiger partial charge in [0.25, 0.3) is 0 Å². The molecule has 0 spiro atoms. The van der Waals surface area contributed by atoms with Crippen LogP contribution in [-0.4, -0.2) is 4.98 Å². The van der Waals surface area contributed by atoms with E-state index in [1.807, 2.05) is 13.0 Å². The summed E-state index contributed by atoms with van der Waals surface area (Å²) < 4.78 is 13.8. The minimum absolute atomic E-state index is 0.203. The zero-order valence-corrected chi connectivity index (χ0v) is 12.4. The Bertz CT molecular complexity index is 582. The number of pyridine rings is 1. The van der Waals surface area contributed by atoms with Crippen LogP contribution in [0.5, 0.6) is 0 Å². The van der Waals surface area contributed by atoms with E-state index in [9.17, 15) is 4.39 Å². The number of benzene rings is 1. The Morgan fingerprint density at radius 1 is 1.22 bits per heavy atom. The lowest BCUT2D eigenvalue weighted by Crippen LogP contribution is -1.97. The SMILES string of the molecule is Cc1cnc(Nc2c(Cl)cc(F)cc2Cl)c(Br)c1. The second-order valence-corrected chi connectivity index (χ2v) is 5.38. The third kappa shape index (κ3) is 2.94. The molecule has 18 heavy (non-hydrogen) atoms. The minimum Gasteiger partial charge on any atom is -0.337 e. The van der Waals surface area contributed by atoms with Crippen molar-refractivity contribution in [3.63, 3.8) is 0 Å². The van der Waals surface area contributed by atoms with E-state index >= 15 is 0 Å². The molecule has 0 aliphatic heterocycles. The van der Waals surface area contributed by atoms with Gasteiger partial charge in [0.05, 0.1) is 20.2 Å². The molecule has 0 amide bonds. The third-order valence-corrected chi connectivity index (χ3v) is 3.43. The first-order valence-corrected chi connectivity index (χ1v) is 6.56. The smallest absolute Gasteiger partial charge is 0.144 e. The summed E-state index contributed by atoms with van der Waals surface area (Å²) in [6.07, 6.45) is 1.71. The maximum Gasteiger partial charge on any atom is 0.144 e. The Morgan fingerprint density at radius 3 is 2.39 bits per heavy atom. The highest BCUT2D eigenvalue weighted by Crippen LogP contribution is 2.35. The summed E-state index contributed by atoms with van der Waals surface area (Å²) >= 11 is 15.3. The number of halogens is 4. The molecule has 1 N–H and O–H groups in total. The third-order valence-electron chi connectivity index (χ3n) is 2.23. The van der Waals surface area contributed by atoms with Crippen molar-refractivity contribution in [2.24, 2.45) is 0 Å². The van der Waals surface area contributed by atoms with Crippen LogP contribution in [0.1, 0.15) is 5.56 Å². The van der Waals surface area contributed by atoms with Crippen molar-refractivity contribution in [1.29, 1.82) is 0 Å². The maximum atomic E-state index is 13.1. The molecule has 0 saturated heterocycles. The standard InChI is InChI=1S/C12H8BrCl2FN2/c1-6-2-8(13)12(17-5-6)18-11-9(14)3-7(16)4-10(11)15/h2-5H,1H3,(H,17,18). The zero-order valence-electron chi connectivity index (χ0n) is 9.27. The van der Waals surface area contributed by atoms with Gasteiger partial charge in [0, 0.05) is 6.20 Å².